The molecule has 0 aliphatic carbocycles. The van der Waals surface area contributed by atoms with Crippen molar-refractivity contribution in [3.8, 4) is 23.0 Å². The number of phenolic OH excluding ortho intramolecular Hbond substituents is 1. The van der Waals surface area contributed by atoms with Gasteiger partial charge in [-0.3, -0.25) is 4.68 Å². The van der Waals surface area contributed by atoms with E-state index < -0.39 is 0 Å². The molecule has 12 nitrogen and oxygen atoms in total. The smallest absolute Gasteiger partial charge is 0.162 e. The van der Waals surface area contributed by atoms with Crippen LogP contribution in [0.4, 0.5) is 0 Å². The third-order valence-corrected chi connectivity index (χ3v) is 9.73. The average molecular weight is 871 g/mol. The normalized spacial score (nSPS) is 10.7. The fourth-order valence-corrected chi connectivity index (χ4v) is 6.45. The van der Waals surface area contributed by atoms with E-state index >= 15 is 0 Å². The SMILES string of the molecule is Cc1ccc(OCc2ccccc2)cc1O.Cc1ccc(OCc2ccccc2)cc1OCc1nn(C)c2ncnc(Cl)c12.Cn1nc(CBr)c2c(Cl)ncnc21. The molecule has 57 heavy (non-hydrogen) atoms. The van der Waals surface area contributed by atoms with Gasteiger partial charge < -0.3 is 19.3 Å². The van der Waals surface area contributed by atoms with Gasteiger partial charge in [-0.05, 0) is 48.2 Å². The Balaban J connectivity index is 0.000000160. The van der Waals surface area contributed by atoms with Crippen LogP contribution < -0.4 is 14.2 Å². The van der Waals surface area contributed by atoms with E-state index in [1.807, 2.05) is 119 Å². The minimum atomic E-state index is 0.257. The third-order valence-electron chi connectivity index (χ3n) is 8.62. The second-order valence-electron chi connectivity index (χ2n) is 12.7. The summed E-state index contributed by atoms with van der Waals surface area (Å²) in [5.74, 6) is 2.44. The monoisotopic (exact) mass is 868 g/mol. The molecule has 4 aromatic carbocycles. The second-order valence-corrected chi connectivity index (χ2v) is 14.0. The zero-order valence-corrected chi connectivity index (χ0v) is 34.7. The summed E-state index contributed by atoms with van der Waals surface area (Å²) in [6.45, 7) is 5.12. The first-order valence-corrected chi connectivity index (χ1v) is 19.6. The highest BCUT2D eigenvalue weighted by Gasteiger charge is 2.16. The Morgan fingerprint density at radius 2 is 1.09 bits per heavy atom. The molecule has 4 heterocycles. The van der Waals surface area contributed by atoms with Crippen molar-refractivity contribution in [1.29, 1.82) is 0 Å². The van der Waals surface area contributed by atoms with E-state index in [9.17, 15) is 5.11 Å². The number of aromatic hydroxyl groups is 1. The molecule has 0 spiro atoms. The minimum absolute atomic E-state index is 0.257. The van der Waals surface area contributed by atoms with E-state index in [2.05, 4.69) is 46.1 Å². The van der Waals surface area contributed by atoms with Crippen LogP contribution in [0.5, 0.6) is 23.0 Å². The van der Waals surface area contributed by atoms with E-state index in [-0.39, 0.29) is 12.4 Å². The zero-order chi connectivity index (χ0) is 40.3. The molecule has 0 amide bonds. The highest BCUT2D eigenvalue weighted by molar-refractivity contribution is 9.08. The maximum Gasteiger partial charge on any atom is 0.162 e. The van der Waals surface area contributed by atoms with Gasteiger partial charge in [0.2, 0.25) is 0 Å². The van der Waals surface area contributed by atoms with E-state index in [1.54, 1.807) is 15.4 Å². The van der Waals surface area contributed by atoms with Crippen LogP contribution in [-0.4, -0.2) is 44.6 Å². The Kier molecular flexibility index (Phi) is 13.9. The highest BCUT2D eigenvalue weighted by Crippen LogP contribution is 2.29. The van der Waals surface area contributed by atoms with Crippen LogP contribution in [0.1, 0.15) is 33.6 Å². The van der Waals surface area contributed by atoms with Gasteiger partial charge in [0.25, 0.3) is 0 Å². The van der Waals surface area contributed by atoms with Crippen LogP contribution in [0.2, 0.25) is 10.3 Å². The molecule has 0 aliphatic heterocycles. The number of halogens is 3. The molecular formula is C42H39BrCl2N8O4. The number of ether oxygens (including phenoxy) is 3. The number of aryl methyl sites for hydroxylation is 4. The standard InChI is InChI=1S/C21H19ClN4O2.C14H14O2.C7H6BrClN4/c1-14-8-9-16(27-11-15-6-4-3-5-7-15)10-18(14)28-12-17-19-20(22)23-13-24-21(19)26(2)25-17;1-11-7-8-13(9-14(11)15)16-10-12-5-3-2-4-6-12;1-13-7-5(4(2-8)12-13)6(9)10-3-11-7/h3-10,13H,11-12H2,1-2H3;2-9,15H,10H2,1H3;3H,2H2,1H3. The predicted molar refractivity (Wildman–Crippen MR) is 225 cm³/mol. The van der Waals surface area contributed by atoms with Gasteiger partial charge in [-0.1, -0.05) is 112 Å². The topological polar surface area (TPSA) is 135 Å². The maximum absolute atomic E-state index is 9.52. The van der Waals surface area contributed by atoms with Gasteiger partial charge in [-0.15, -0.1) is 0 Å². The van der Waals surface area contributed by atoms with Gasteiger partial charge in [0.05, 0.1) is 16.5 Å². The summed E-state index contributed by atoms with van der Waals surface area (Å²) < 4.78 is 20.9. The summed E-state index contributed by atoms with van der Waals surface area (Å²) in [5.41, 5.74) is 7.08. The molecule has 8 rings (SSSR count). The number of hydrogen-bond donors (Lipinski definition) is 1. The number of benzene rings is 4. The molecule has 0 saturated carbocycles. The first-order valence-electron chi connectivity index (χ1n) is 17.7. The molecule has 8 aromatic rings. The summed E-state index contributed by atoms with van der Waals surface area (Å²) in [5, 5.41) is 21.2. The Labute approximate surface area is 348 Å². The number of fused-ring (bicyclic) bond motifs is 2. The summed E-state index contributed by atoms with van der Waals surface area (Å²) >= 11 is 15.5. The van der Waals surface area contributed by atoms with E-state index in [1.165, 1.54) is 12.7 Å². The van der Waals surface area contributed by atoms with Crippen molar-refractivity contribution in [3.05, 3.63) is 154 Å². The predicted octanol–water partition coefficient (Wildman–Crippen LogP) is 9.67. The number of phenols is 1. The Morgan fingerprint density at radius 1 is 0.596 bits per heavy atom. The lowest BCUT2D eigenvalue weighted by molar-refractivity contribution is 0.286. The number of nitrogens with zero attached hydrogens (tertiary/aromatic N) is 8. The zero-order valence-electron chi connectivity index (χ0n) is 31.6. The van der Waals surface area contributed by atoms with Crippen molar-refractivity contribution in [1.82, 2.24) is 39.5 Å². The fourth-order valence-electron chi connectivity index (χ4n) is 5.58. The first kappa shape index (κ1) is 40.9. The van der Waals surface area contributed by atoms with Crippen LogP contribution in [0.3, 0.4) is 0 Å². The van der Waals surface area contributed by atoms with E-state index in [4.69, 9.17) is 37.4 Å². The Morgan fingerprint density at radius 3 is 1.61 bits per heavy atom. The van der Waals surface area contributed by atoms with Gasteiger partial charge >= 0.3 is 0 Å². The van der Waals surface area contributed by atoms with Gasteiger partial charge in [0.1, 0.15) is 71.5 Å². The van der Waals surface area contributed by atoms with Crippen LogP contribution in [0, 0.1) is 13.8 Å². The summed E-state index contributed by atoms with van der Waals surface area (Å²) in [6.07, 6.45) is 2.86. The van der Waals surface area contributed by atoms with Crippen molar-refractivity contribution in [3.63, 3.8) is 0 Å². The van der Waals surface area contributed by atoms with Crippen molar-refractivity contribution < 1.29 is 19.3 Å². The van der Waals surface area contributed by atoms with Crippen molar-refractivity contribution in [2.75, 3.05) is 0 Å². The summed E-state index contributed by atoms with van der Waals surface area (Å²) in [6, 6.07) is 31.1. The van der Waals surface area contributed by atoms with Gasteiger partial charge in [-0.2, -0.15) is 10.2 Å². The molecule has 15 heteroatoms. The maximum atomic E-state index is 9.52. The fraction of sp³-hybridized carbons (Fsp3) is 0.190. The molecule has 0 fully saturated rings. The largest absolute Gasteiger partial charge is 0.508 e. The summed E-state index contributed by atoms with van der Waals surface area (Å²) in [7, 11) is 3.65. The number of rotatable bonds is 10. The molecule has 0 radical (unpaired) electrons. The Bertz CT molecular complexity index is 2570. The quantitative estimate of drug-likeness (QED) is 0.105. The lowest BCUT2D eigenvalue weighted by Gasteiger charge is -2.12. The lowest BCUT2D eigenvalue weighted by Crippen LogP contribution is -2.01. The third kappa shape index (κ3) is 10.6. The van der Waals surface area contributed by atoms with E-state index in [0.29, 0.717) is 51.3 Å². The number of hydrogen-bond acceptors (Lipinski definition) is 10. The number of aromatic nitrogens is 8. The van der Waals surface area contributed by atoms with Gasteiger partial charge in [0.15, 0.2) is 11.3 Å². The molecule has 0 aliphatic rings. The minimum Gasteiger partial charge on any atom is -0.508 e. The van der Waals surface area contributed by atoms with Gasteiger partial charge in [0, 0.05) is 31.6 Å². The lowest BCUT2D eigenvalue weighted by atomic mass is 10.2. The molecule has 0 saturated heterocycles. The molecule has 0 unspecified atom stereocenters. The first-order chi connectivity index (χ1) is 27.6. The molecule has 0 atom stereocenters. The van der Waals surface area contributed by atoms with Gasteiger partial charge in [-0.25, -0.2) is 24.6 Å². The molecular weight excluding hydrogens is 831 g/mol. The Hall–Kier alpha value is -5.76. The van der Waals surface area contributed by atoms with Crippen molar-refractivity contribution in [2.45, 2.75) is 39.0 Å². The number of alkyl halides is 1. The average Bonchev–Trinajstić information content (AvgIpc) is 3.75. The molecule has 1 N–H and O–H groups in total. The second kappa shape index (κ2) is 19.4. The van der Waals surface area contributed by atoms with Crippen LogP contribution in [0.25, 0.3) is 22.1 Å². The molecule has 4 aromatic heterocycles. The van der Waals surface area contributed by atoms with Crippen LogP contribution in [0.15, 0.2) is 110 Å². The van der Waals surface area contributed by atoms with Crippen LogP contribution >= 0.6 is 39.1 Å². The highest BCUT2D eigenvalue weighted by atomic mass is 79.9. The van der Waals surface area contributed by atoms with Crippen LogP contribution in [-0.2, 0) is 39.2 Å². The van der Waals surface area contributed by atoms with Crippen molar-refractivity contribution in [2.24, 2.45) is 14.1 Å². The molecule has 292 valence electrons. The molecule has 0 bridgehead atoms. The summed E-state index contributed by atoms with van der Waals surface area (Å²) in [4.78, 5) is 16.3. The van der Waals surface area contributed by atoms with Crippen molar-refractivity contribution >= 4 is 61.2 Å². The van der Waals surface area contributed by atoms with E-state index in [0.717, 1.165) is 50.5 Å².